The van der Waals surface area contributed by atoms with Crippen molar-refractivity contribution in [3.8, 4) is 23.0 Å². The molecule has 2 aliphatic rings. The Bertz CT molecular complexity index is 1170. The molecular weight excluding hydrogens is 478 g/mol. The fourth-order valence-electron chi connectivity index (χ4n) is 4.48. The lowest BCUT2D eigenvalue weighted by atomic mass is 9.94. The van der Waals surface area contributed by atoms with E-state index in [9.17, 15) is 14.7 Å². The summed E-state index contributed by atoms with van der Waals surface area (Å²) in [5, 5.41) is 11.4. The molecule has 1 atom stereocenters. The summed E-state index contributed by atoms with van der Waals surface area (Å²) in [4.78, 5) is 27.9. The Balaban J connectivity index is 1.78. The summed E-state index contributed by atoms with van der Waals surface area (Å²) in [5.41, 5.74) is 0.979. The molecule has 0 spiro atoms. The van der Waals surface area contributed by atoms with Gasteiger partial charge in [0.25, 0.3) is 11.7 Å². The van der Waals surface area contributed by atoms with E-state index in [0.717, 1.165) is 12.8 Å². The number of carbonyl (C=O) groups excluding carboxylic acids is 2. The number of amides is 1. The van der Waals surface area contributed by atoms with Gasteiger partial charge in [0.15, 0.2) is 23.0 Å². The molecule has 2 heterocycles. The standard InChI is InChI=1S/C28H33NO8/c1-4-5-13-35-20-9-7-18(16-22(20)34-3)25-24(27(31)28(32)29(25)11-6-12-33-2)26(30)19-8-10-21-23(17-19)37-15-14-36-21/h7-10,16-17,25,30H,4-6,11-15H2,1-3H3. The number of nitrogens with zero attached hydrogens (tertiary/aromatic N) is 1. The van der Waals surface area contributed by atoms with Crippen LogP contribution in [0.1, 0.15) is 43.4 Å². The van der Waals surface area contributed by atoms with Crippen molar-refractivity contribution < 1.29 is 38.4 Å². The maximum atomic E-state index is 13.3. The second-order valence-corrected chi connectivity index (χ2v) is 8.81. The van der Waals surface area contributed by atoms with Crippen molar-refractivity contribution in [2.45, 2.75) is 32.2 Å². The SMILES string of the molecule is CCCCOc1ccc(C2C(=C(O)c3ccc4c(c3)OCCO4)C(=O)C(=O)N2CCCOC)cc1OC. The first-order valence-electron chi connectivity index (χ1n) is 12.5. The lowest BCUT2D eigenvalue weighted by Gasteiger charge is -2.26. The first-order chi connectivity index (χ1) is 18.0. The third-order valence-electron chi connectivity index (χ3n) is 6.36. The van der Waals surface area contributed by atoms with Crippen molar-refractivity contribution >= 4 is 17.4 Å². The molecule has 1 fully saturated rings. The van der Waals surface area contributed by atoms with Gasteiger partial charge in [0.1, 0.15) is 19.0 Å². The smallest absolute Gasteiger partial charge is 0.295 e. The largest absolute Gasteiger partial charge is 0.507 e. The molecule has 1 unspecified atom stereocenters. The zero-order valence-corrected chi connectivity index (χ0v) is 21.5. The Kier molecular flexibility index (Phi) is 8.55. The number of ketones is 1. The van der Waals surface area contributed by atoms with E-state index in [1.54, 1.807) is 43.5 Å². The van der Waals surface area contributed by atoms with Crippen molar-refractivity contribution in [3.63, 3.8) is 0 Å². The third-order valence-corrected chi connectivity index (χ3v) is 6.36. The van der Waals surface area contributed by atoms with Crippen molar-refractivity contribution in [2.75, 3.05) is 47.2 Å². The van der Waals surface area contributed by atoms with Crippen LogP contribution in [0.4, 0.5) is 0 Å². The van der Waals surface area contributed by atoms with E-state index in [4.69, 9.17) is 23.7 Å². The summed E-state index contributed by atoms with van der Waals surface area (Å²) < 4.78 is 27.8. The van der Waals surface area contributed by atoms with E-state index in [1.807, 2.05) is 0 Å². The molecular formula is C28H33NO8. The van der Waals surface area contributed by atoms with Crippen LogP contribution in [0.15, 0.2) is 42.0 Å². The van der Waals surface area contributed by atoms with E-state index in [-0.39, 0.29) is 17.9 Å². The fourth-order valence-corrected chi connectivity index (χ4v) is 4.48. The van der Waals surface area contributed by atoms with Gasteiger partial charge in [0, 0.05) is 25.8 Å². The highest BCUT2D eigenvalue weighted by Gasteiger charge is 2.46. The van der Waals surface area contributed by atoms with Gasteiger partial charge >= 0.3 is 0 Å². The number of hydrogen-bond donors (Lipinski definition) is 1. The fraction of sp³-hybridized carbons (Fsp3) is 0.429. The molecule has 0 radical (unpaired) electrons. The minimum absolute atomic E-state index is 0.000740. The van der Waals surface area contributed by atoms with Crippen LogP contribution < -0.4 is 18.9 Å². The second kappa shape index (κ2) is 12.0. The Morgan fingerprint density at radius 3 is 2.51 bits per heavy atom. The number of likely N-dealkylation sites (tertiary alicyclic amines) is 1. The first kappa shape index (κ1) is 26.3. The summed E-state index contributed by atoms with van der Waals surface area (Å²) in [5.74, 6) is 0.369. The van der Waals surface area contributed by atoms with E-state index in [1.165, 1.54) is 12.0 Å². The zero-order chi connectivity index (χ0) is 26.4. The van der Waals surface area contributed by atoms with Crippen LogP contribution in [0.2, 0.25) is 0 Å². The van der Waals surface area contributed by atoms with Gasteiger partial charge in [-0.25, -0.2) is 0 Å². The number of ether oxygens (including phenoxy) is 5. The topological polar surface area (TPSA) is 104 Å². The predicted molar refractivity (Wildman–Crippen MR) is 136 cm³/mol. The normalized spacial score (nSPS) is 18.2. The quantitative estimate of drug-likeness (QED) is 0.208. The van der Waals surface area contributed by atoms with Gasteiger partial charge in [0.05, 0.1) is 25.3 Å². The molecule has 0 saturated carbocycles. The van der Waals surface area contributed by atoms with Crippen LogP contribution in [0.5, 0.6) is 23.0 Å². The Labute approximate surface area is 216 Å². The second-order valence-electron chi connectivity index (χ2n) is 8.81. The summed E-state index contributed by atoms with van der Waals surface area (Å²) in [7, 11) is 3.12. The van der Waals surface area contributed by atoms with Crippen LogP contribution in [0.25, 0.3) is 5.76 Å². The van der Waals surface area contributed by atoms with Gasteiger partial charge in [-0.2, -0.15) is 0 Å². The number of carbonyl (C=O) groups is 2. The van der Waals surface area contributed by atoms with Gasteiger partial charge in [-0.15, -0.1) is 0 Å². The number of fused-ring (bicyclic) bond motifs is 1. The highest BCUT2D eigenvalue weighted by atomic mass is 16.6. The van der Waals surface area contributed by atoms with E-state index < -0.39 is 17.7 Å². The molecule has 4 rings (SSSR count). The first-order valence-corrected chi connectivity index (χ1v) is 12.5. The Morgan fingerprint density at radius 2 is 1.78 bits per heavy atom. The Morgan fingerprint density at radius 1 is 1.00 bits per heavy atom. The molecule has 198 valence electrons. The van der Waals surface area contributed by atoms with Gasteiger partial charge in [-0.05, 0) is 48.7 Å². The molecule has 1 amide bonds. The predicted octanol–water partition coefficient (Wildman–Crippen LogP) is 4.10. The van der Waals surface area contributed by atoms with Gasteiger partial charge in [-0.3, -0.25) is 9.59 Å². The molecule has 37 heavy (non-hydrogen) atoms. The number of rotatable bonds is 11. The van der Waals surface area contributed by atoms with E-state index in [2.05, 4.69) is 6.92 Å². The van der Waals surface area contributed by atoms with Crippen molar-refractivity contribution in [3.05, 3.63) is 53.1 Å². The number of Topliss-reactive ketones (excluding diaryl/α,β-unsaturated/α-hetero) is 1. The number of aliphatic hydroxyl groups excluding tert-OH is 1. The summed E-state index contributed by atoms with van der Waals surface area (Å²) in [6, 6.07) is 9.43. The number of unbranched alkanes of at least 4 members (excludes halogenated alkanes) is 1. The Hall–Kier alpha value is -3.72. The molecule has 0 aliphatic carbocycles. The lowest BCUT2D eigenvalue weighted by Crippen LogP contribution is -2.31. The molecule has 2 aromatic carbocycles. The number of hydrogen-bond acceptors (Lipinski definition) is 8. The number of aliphatic hydroxyl groups is 1. The highest BCUT2D eigenvalue weighted by Crippen LogP contribution is 2.43. The summed E-state index contributed by atoms with van der Waals surface area (Å²) >= 11 is 0. The van der Waals surface area contributed by atoms with Crippen molar-refractivity contribution in [1.82, 2.24) is 4.90 Å². The van der Waals surface area contributed by atoms with Gasteiger partial charge in [0.2, 0.25) is 0 Å². The summed E-state index contributed by atoms with van der Waals surface area (Å²) in [6.07, 6.45) is 2.43. The maximum absolute atomic E-state index is 13.3. The molecule has 9 nitrogen and oxygen atoms in total. The van der Waals surface area contributed by atoms with Crippen LogP contribution >= 0.6 is 0 Å². The molecule has 0 aromatic heterocycles. The molecule has 1 N–H and O–H groups in total. The summed E-state index contributed by atoms with van der Waals surface area (Å²) in [6.45, 7) is 4.14. The minimum atomic E-state index is -0.816. The third kappa shape index (κ3) is 5.51. The maximum Gasteiger partial charge on any atom is 0.295 e. The molecule has 1 saturated heterocycles. The van der Waals surface area contributed by atoms with Crippen LogP contribution in [-0.2, 0) is 14.3 Å². The minimum Gasteiger partial charge on any atom is -0.507 e. The van der Waals surface area contributed by atoms with Crippen molar-refractivity contribution in [2.24, 2.45) is 0 Å². The van der Waals surface area contributed by atoms with Crippen LogP contribution in [-0.4, -0.2) is 68.9 Å². The van der Waals surface area contributed by atoms with Crippen LogP contribution in [0.3, 0.4) is 0 Å². The molecule has 0 bridgehead atoms. The molecule has 9 heteroatoms. The van der Waals surface area contributed by atoms with Gasteiger partial charge < -0.3 is 33.7 Å². The average molecular weight is 512 g/mol. The number of benzene rings is 2. The van der Waals surface area contributed by atoms with Crippen molar-refractivity contribution in [1.29, 1.82) is 0 Å². The zero-order valence-electron chi connectivity index (χ0n) is 21.5. The lowest BCUT2D eigenvalue weighted by molar-refractivity contribution is -0.140. The van der Waals surface area contributed by atoms with Crippen LogP contribution in [0, 0.1) is 0 Å². The average Bonchev–Trinajstić information content (AvgIpc) is 3.17. The molecule has 2 aliphatic heterocycles. The van der Waals surface area contributed by atoms with E-state index in [0.29, 0.717) is 67.0 Å². The monoisotopic (exact) mass is 511 g/mol. The molecule has 2 aromatic rings. The number of methoxy groups -OCH3 is 2. The van der Waals surface area contributed by atoms with E-state index >= 15 is 0 Å². The van der Waals surface area contributed by atoms with Gasteiger partial charge in [-0.1, -0.05) is 19.4 Å². The highest BCUT2D eigenvalue weighted by molar-refractivity contribution is 6.46.